The van der Waals surface area contributed by atoms with Gasteiger partial charge in [-0.1, -0.05) is 38.5 Å². The molecule has 86 heavy (non-hydrogen) atoms. The lowest BCUT2D eigenvalue weighted by atomic mass is 9.95. The van der Waals surface area contributed by atoms with Crippen LogP contribution in [0, 0.1) is 0 Å². The third-order valence-electron chi connectivity index (χ3n) is 15.0. The van der Waals surface area contributed by atoms with E-state index in [0.29, 0.717) is 74.5 Å². The van der Waals surface area contributed by atoms with E-state index in [0.717, 1.165) is 129 Å². The van der Waals surface area contributed by atoms with Gasteiger partial charge in [0, 0.05) is 56.1 Å². The summed E-state index contributed by atoms with van der Waals surface area (Å²) in [4.78, 5) is 74.4. The number of hydroxylamine groups is 2. The number of nitrogens with one attached hydrogen (secondary N) is 7. The Kier molecular flexibility index (Phi) is 24.8. The molecule has 3 amide bonds. The fourth-order valence-corrected chi connectivity index (χ4v) is 10.6. The molecule has 2 atom stereocenters. The molecule has 4 fully saturated rings. The Morgan fingerprint density at radius 2 is 1.29 bits per heavy atom. The maximum absolute atomic E-state index is 12.9. The number of hydrogen-bond donors (Lipinski definition) is 8. The van der Waals surface area contributed by atoms with Gasteiger partial charge in [0.15, 0.2) is 34.7 Å². The molecule has 0 spiro atoms. The van der Waals surface area contributed by atoms with Crippen LogP contribution < -0.4 is 41.7 Å². The molecule has 8 N–H and O–H groups in total. The summed E-state index contributed by atoms with van der Waals surface area (Å²) >= 11 is 0. The van der Waals surface area contributed by atoms with Crippen LogP contribution in [-0.2, 0) is 28.6 Å². The van der Waals surface area contributed by atoms with Gasteiger partial charge in [-0.15, -0.1) is 12.4 Å². The van der Waals surface area contributed by atoms with Crippen LogP contribution in [0.3, 0.4) is 0 Å². The summed E-state index contributed by atoms with van der Waals surface area (Å²) in [6, 6.07) is 16.0. The summed E-state index contributed by atoms with van der Waals surface area (Å²) in [5.41, 5.74) is 7.95. The maximum Gasteiger partial charge on any atom is 0.410 e. The molecule has 0 bridgehead atoms. The van der Waals surface area contributed by atoms with Gasteiger partial charge in [0.25, 0.3) is 5.91 Å². The first-order valence-electron chi connectivity index (χ1n) is 30.5. The number of carbonyl (C=O) groups excluding carboxylic acids is 3. The van der Waals surface area contributed by atoms with E-state index in [1.807, 2.05) is 59.4 Å². The number of benzene rings is 2. The first-order valence-corrected chi connectivity index (χ1v) is 30.5. The Labute approximate surface area is 508 Å². The average molecular weight is 1210 g/mol. The van der Waals surface area contributed by atoms with E-state index >= 15 is 0 Å². The molecule has 2 saturated carbocycles. The monoisotopic (exact) mass is 1210 g/mol. The van der Waals surface area contributed by atoms with Crippen molar-refractivity contribution in [1.82, 2.24) is 55.3 Å². The molecular weight excluding hydrogens is 1130 g/mol. The predicted octanol–water partition coefficient (Wildman–Crippen LogP) is 11.3. The number of aromatic nitrogens is 8. The van der Waals surface area contributed by atoms with Crippen molar-refractivity contribution in [2.24, 2.45) is 0 Å². The number of amides is 3. The number of fused-ring (bicyclic) bond motifs is 2. The fraction of sp³-hybridized carbons (Fsp3) is 0.583. The Hall–Kier alpha value is -7.32. The number of imidazole rings is 2. The van der Waals surface area contributed by atoms with Gasteiger partial charge in [-0.05, 0) is 153 Å². The lowest BCUT2D eigenvalue weighted by molar-refractivity contribution is -0.200. The van der Waals surface area contributed by atoms with E-state index in [2.05, 4.69) is 41.7 Å². The van der Waals surface area contributed by atoms with Crippen molar-refractivity contribution in [3.63, 3.8) is 0 Å². The zero-order valence-electron chi connectivity index (χ0n) is 49.8. The molecular formula is C60H86ClN15O10. The van der Waals surface area contributed by atoms with Crippen LogP contribution in [0.5, 0.6) is 11.5 Å². The molecule has 468 valence electrons. The Bertz CT molecular complexity index is 3030. The summed E-state index contributed by atoms with van der Waals surface area (Å²) in [6.45, 7) is 7.61. The largest absolute Gasteiger partial charge is 0.494 e. The number of rotatable bonds is 25. The minimum atomic E-state index is -0.709. The SMILES string of the molecule is CC(C)(C)OC(=O)N(CCCOc1ccc(Nc2nc(NC3CCCCC3)c3ncn(C4CCCCO4)c3n2)cc1)CC(=O)NOC1CCCCO1.Cl.O=C(CCCCCOc1ccc(Nc2nc(NC3CCCCC3)c3[nH]cnc3n2)cc1)NO. The van der Waals surface area contributed by atoms with Crippen molar-refractivity contribution in [3.8, 4) is 11.5 Å². The lowest BCUT2D eigenvalue weighted by Crippen LogP contribution is -2.45. The highest BCUT2D eigenvalue weighted by Crippen LogP contribution is 2.32. The van der Waals surface area contributed by atoms with Crippen LogP contribution in [0.15, 0.2) is 61.2 Å². The van der Waals surface area contributed by atoms with Gasteiger partial charge in [-0.3, -0.25) is 24.3 Å². The zero-order valence-corrected chi connectivity index (χ0v) is 50.6. The van der Waals surface area contributed by atoms with Crippen molar-refractivity contribution in [2.45, 2.75) is 186 Å². The smallest absolute Gasteiger partial charge is 0.410 e. The summed E-state index contributed by atoms with van der Waals surface area (Å²) < 4.78 is 30.9. The van der Waals surface area contributed by atoms with Gasteiger partial charge >= 0.3 is 6.09 Å². The van der Waals surface area contributed by atoms with Crippen LogP contribution in [0.25, 0.3) is 22.3 Å². The first-order chi connectivity index (χ1) is 41.4. The van der Waals surface area contributed by atoms with Crippen molar-refractivity contribution < 1.29 is 48.1 Å². The number of unbranched alkanes of at least 4 members (excludes halogenated alkanes) is 2. The third kappa shape index (κ3) is 20.1. The molecule has 2 saturated heterocycles. The molecule has 10 rings (SSSR count). The molecule has 26 heteroatoms. The highest BCUT2D eigenvalue weighted by Gasteiger charge is 2.27. The summed E-state index contributed by atoms with van der Waals surface area (Å²) in [5, 5.41) is 22.3. The van der Waals surface area contributed by atoms with Crippen molar-refractivity contribution >= 4 is 87.5 Å². The maximum atomic E-state index is 12.9. The minimum absolute atomic E-state index is 0. The van der Waals surface area contributed by atoms with Crippen molar-refractivity contribution in [3.05, 3.63) is 61.2 Å². The predicted molar refractivity (Wildman–Crippen MR) is 328 cm³/mol. The van der Waals surface area contributed by atoms with E-state index in [9.17, 15) is 14.4 Å². The van der Waals surface area contributed by atoms with Gasteiger partial charge < -0.3 is 49.9 Å². The molecule has 25 nitrogen and oxygen atoms in total. The first kappa shape index (κ1) is 64.7. The summed E-state index contributed by atoms with van der Waals surface area (Å²) in [5.74, 6) is 3.10. The van der Waals surface area contributed by atoms with E-state index in [4.69, 9.17) is 53.7 Å². The van der Waals surface area contributed by atoms with E-state index in [1.165, 1.54) is 43.4 Å². The highest BCUT2D eigenvalue weighted by molar-refractivity contribution is 5.86. The molecule has 2 unspecified atom stereocenters. The Morgan fingerprint density at radius 3 is 1.91 bits per heavy atom. The topological polar surface area (TPSA) is 300 Å². The van der Waals surface area contributed by atoms with Crippen molar-refractivity contribution in [1.29, 1.82) is 0 Å². The van der Waals surface area contributed by atoms with Gasteiger partial charge in [0.05, 0.1) is 25.9 Å². The van der Waals surface area contributed by atoms with Gasteiger partial charge in [0.2, 0.25) is 17.8 Å². The second-order valence-corrected chi connectivity index (χ2v) is 23.0. The second-order valence-electron chi connectivity index (χ2n) is 23.0. The number of halogens is 1. The zero-order chi connectivity index (χ0) is 59.2. The lowest BCUT2D eigenvalue weighted by Gasteiger charge is -2.27. The molecule has 0 radical (unpaired) electrons. The van der Waals surface area contributed by atoms with Crippen LogP contribution in [0.2, 0.25) is 0 Å². The molecule has 4 aliphatic rings. The average Bonchev–Trinajstić information content (AvgIpc) is 2.88. The second kappa shape index (κ2) is 33.0. The molecule has 6 aromatic rings. The highest BCUT2D eigenvalue weighted by atomic mass is 35.5. The normalized spacial score (nSPS) is 17.5. The van der Waals surface area contributed by atoms with E-state index in [1.54, 1.807) is 32.6 Å². The molecule has 2 aromatic carbocycles. The minimum Gasteiger partial charge on any atom is -0.494 e. The third-order valence-corrected chi connectivity index (χ3v) is 15.0. The Morgan fingerprint density at radius 1 is 0.686 bits per heavy atom. The number of hydrogen-bond acceptors (Lipinski definition) is 20. The number of ether oxygens (including phenoxy) is 5. The number of anilines is 6. The number of H-pyrrole nitrogens is 1. The molecule has 2 aliphatic heterocycles. The summed E-state index contributed by atoms with van der Waals surface area (Å²) in [6.07, 6.45) is 23.3. The van der Waals surface area contributed by atoms with Gasteiger partial charge in [-0.2, -0.15) is 19.9 Å². The number of nitrogens with zero attached hydrogens (tertiary/aromatic N) is 8. The van der Waals surface area contributed by atoms with Gasteiger partial charge in [0.1, 0.15) is 35.4 Å². The van der Waals surface area contributed by atoms with Crippen LogP contribution >= 0.6 is 12.4 Å². The van der Waals surface area contributed by atoms with E-state index < -0.39 is 23.9 Å². The van der Waals surface area contributed by atoms with Crippen LogP contribution in [-0.4, -0.2) is 131 Å². The molecule has 2 aliphatic carbocycles. The van der Waals surface area contributed by atoms with Crippen molar-refractivity contribution in [2.75, 3.05) is 60.8 Å². The fourth-order valence-electron chi connectivity index (χ4n) is 10.6. The number of carbonyl (C=O) groups is 3. The molecule has 6 heterocycles. The Balaban J connectivity index is 0.000000243. The molecule has 4 aromatic heterocycles. The van der Waals surface area contributed by atoms with Crippen LogP contribution in [0.1, 0.15) is 162 Å². The quantitative estimate of drug-likeness (QED) is 0.0150. The standard InChI is InChI=1S/C37H54N8O7.C23H31N7O3.ClH/c1-37(2,3)51-36(47)44(24-29(46)43-52-31-15-8-10-22-50-31)20-11-23-48-28-18-16-27(17-19-28)40-35-41-33(39-26-12-5-4-6-13-26)32-34(42-35)45(25-38-32)30-14-7-9-21-49-30;31-19(30-32)9-5-2-6-14-33-18-12-10-17(11-13-18)27-23-28-21-20(24-15-25-21)22(29-23)26-16-7-3-1-4-8-16;/h16-19,25-26,30-31H,4-15,20-24H2,1-3H3,(H,43,46)(H2,39,40,41,42);10-13,15-16,32H,1-9,14H2,(H,30,31)(H3,24,25,26,27,28,29);1H. The number of aromatic amines is 1. The summed E-state index contributed by atoms with van der Waals surface area (Å²) in [7, 11) is 0. The van der Waals surface area contributed by atoms with Crippen LogP contribution in [0.4, 0.5) is 39.7 Å². The van der Waals surface area contributed by atoms with Gasteiger partial charge in [-0.25, -0.2) is 30.6 Å². The van der Waals surface area contributed by atoms with E-state index in [-0.39, 0.29) is 37.6 Å².